The van der Waals surface area contributed by atoms with Crippen LogP contribution < -0.4 is 5.73 Å². The highest BCUT2D eigenvalue weighted by molar-refractivity contribution is 5.59. The van der Waals surface area contributed by atoms with Gasteiger partial charge in [0.25, 0.3) is 6.01 Å². The minimum Gasteiger partial charge on any atom is -0.424 e. The number of nitrogens with two attached hydrogens (primary N) is 1. The number of halogens is 1. The average molecular weight is 192 g/mol. The highest BCUT2D eigenvalue weighted by Crippen LogP contribution is 2.25. The number of rotatable bonds is 1. The lowest BCUT2D eigenvalue weighted by atomic mass is 10.1. The average Bonchev–Trinajstić information content (AvgIpc) is 2.57. The maximum absolute atomic E-state index is 13.6. The summed E-state index contributed by atoms with van der Waals surface area (Å²) in [7, 11) is 0. The third-order valence-corrected chi connectivity index (χ3v) is 1.98. The van der Waals surface area contributed by atoms with E-state index in [1.807, 2.05) is 0 Å². The Kier molecular flexibility index (Phi) is 1.96. The van der Waals surface area contributed by atoms with Crippen molar-refractivity contribution in [1.82, 2.24) is 4.98 Å². The van der Waals surface area contributed by atoms with E-state index in [9.17, 15) is 4.39 Å². The largest absolute Gasteiger partial charge is 0.424 e. The van der Waals surface area contributed by atoms with Crippen LogP contribution in [0, 0.1) is 12.7 Å². The molecule has 72 valence electrons. The van der Waals surface area contributed by atoms with Gasteiger partial charge in [0.2, 0.25) is 0 Å². The number of nitrogen functional groups attached to an aromatic ring is 1. The Morgan fingerprint density at radius 3 is 2.86 bits per heavy atom. The van der Waals surface area contributed by atoms with Crippen LogP contribution in [0.25, 0.3) is 11.3 Å². The van der Waals surface area contributed by atoms with Crippen molar-refractivity contribution in [2.75, 3.05) is 5.73 Å². The molecule has 4 heteroatoms. The van der Waals surface area contributed by atoms with Crippen LogP contribution in [0.3, 0.4) is 0 Å². The van der Waals surface area contributed by atoms with Gasteiger partial charge >= 0.3 is 0 Å². The summed E-state index contributed by atoms with van der Waals surface area (Å²) in [5.41, 5.74) is 6.25. The van der Waals surface area contributed by atoms with Crippen molar-refractivity contribution in [2.45, 2.75) is 6.92 Å². The summed E-state index contributed by atoms with van der Waals surface area (Å²) in [5, 5.41) is 0. The molecule has 0 unspecified atom stereocenters. The molecule has 1 aromatic heterocycles. The fourth-order valence-corrected chi connectivity index (χ4v) is 1.25. The van der Waals surface area contributed by atoms with Gasteiger partial charge < -0.3 is 10.2 Å². The van der Waals surface area contributed by atoms with Gasteiger partial charge in [0.1, 0.15) is 5.82 Å². The van der Waals surface area contributed by atoms with Crippen molar-refractivity contribution < 1.29 is 8.81 Å². The van der Waals surface area contributed by atoms with Crippen molar-refractivity contribution in [1.29, 1.82) is 0 Å². The van der Waals surface area contributed by atoms with E-state index >= 15 is 0 Å². The number of hydrogen-bond donors (Lipinski definition) is 1. The number of aryl methyl sites for hydroxylation is 1. The maximum atomic E-state index is 13.6. The van der Waals surface area contributed by atoms with E-state index in [2.05, 4.69) is 4.98 Å². The smallest absolute Gasteiger partial charge is 0.292 e. The first-order valence-electron chi connectivity index (χ1n) is 4.15. The van der Waals surface area contributed by atoms with E-state index in [0.29, 0.717) is 16.9 Å². The highest BCUT2D eigenvalue weighted by Gasteiger charge is 2.10. The van der Waals surface area contributed by atoms with Gasteiger partial charge in [-0.05, 0) is 18.6 Å². The summed E-state index contributed by atoms with van der Waals surface area (Å²) in [6, 6.07) is 5.12. The standard InChI is InChI=1S/C10H9FN2O/c1-6-3-2-4-7(9(6)11)8-5-13-10(12)14-8/h2-5H,1H3,(H2,12,13). The molecule has 1 heterocycles. The second-order valence-electron chi connectivity index (χ2n) is 3.00. The second kappa shape index (κ2) is 3.14. The Morgan fingerprint density at radius 1 is 1.43 bits per heavy atom. The van der Waals surface area contributed by atoms with Gasteiger partial charge in [-0.2, -0.15) is 0 Å². The van der Waals surface area contributed by atoms with E-state index in [1.165, 1.54) is 6.20 Å². The Morgan fingerprint density at radius 2 is 2.21 bits per heavy atom. The molecule has 0 saturated carbocycles. The fraction of sp³-hybridized carbons (Fsp3) is 0.100. The van der Waals surface area contributed by atoms with Gasteiger partial charge in [-0.25, -0.2) is 9.37 Å². The molecule has 3 nitrogen and oxygen atoms in total. The van der Waals surface area contributed by atoms with Crippen LogP contribution in [0.5, 0.6) is 0 Å². The number of anilines is 1. The van der Waals surface area contributed by atoms with E-state index in [1.54, 1.807) is 25.1 Å². The van der Waals surface area contributed by atoms with Crippen molar-refractivity contribution >= 4 is 6.01 Å². The summed E-state index contributed by atoms with van der Waals surface area (Å²) in [5.74, 6) is 0.0485. The van der Waals surface area contributed by atoms with Crippen LogP contribution in [0.15, 0.2) is 28.8 Å². The Hall–Kier alpha value is -1.84. The molecule has 0 aliphatic carbocycles. The molecule has 0 saturated heterocycles. The Balaban J connectivity index is 2.57. The molecular formula is C10H9FN2O. The topological polar surface area (TPSA) is 52.0 Å². The van der Waals surface area contributed by atoms with Gasteiger partial charge in [-0.15, -0.1) is 0 Å². The molecule has 2 N–H and O–H groups in total. The van der Waals surface area contributed by atoms with Crippen LogP contribution in [0.1, 0.15) is 5.56 Å². The van der Waals surface area contributed by atoms with E-state index < -0.39 is 0 Å². The van der Waals surface area contributed by atoms with E-state index in [4.69, 9.17) is 10.2 Å². The molecule has 0 aliphatic rings. The zero-order valence-electron chi connectivity index (χ0n) is 7.62. The number of hydrogen-bond acceptors (Lipinski definition) is 3. The lowest BCUT2D eigenvalue weighted by Crippen LogP contribution is -1.86. The summed E-state index contributed by atoms with van der Waals surface area (Å²) in [6.45, 7) is 1.69. The number of aromatic nitrogens is 1. The van der Waals surface area contributed by atoms with E-state index in [0.717, 1.165) is 0 Å². The van der Waals surface area contributed by atoms with Gasteiger partial charge in [0.15, 0.2) is 5.76 Å². The molecule has 0 spiro atoms. The second-order valence-corrected chi connectivity index (χ2v) is 3.00. The number of oxazole rings is 1. The summed E-state index contributed by atoms with van der Waals surface area (Å²) >= 11 is 0. The van der Waals surface area contributed by atoms with Crippen molar-refractivity contribution in [3.8, 4) is 11.3 Å². The van der Waals surface area contributed by atoms with Gasteiger partial charge in [-0.3, -0.25) is 0 Å². The van der Waals surface area contributed by atoms with Crippen LogP contribution in [0.2, 0.25) is 0 Å². The number of nitrogens with zero attached hydrogens (tertiary/aromatic N) is 1. The molecule has 0 atom stereocenters. The Labute approximate surface area is 80.4 Å². The van der Waals surface area contributed by atoms with Crippen LogP contribution >= 0.6 is 0 Å². The zero-order valence-corrected chi connectivity index (χ0v) is 7.62. The minimum atomic E-state index is -0.302. The minimum absolute atomic E-state index is 0.0425. The lowest BCUT2D eigenvalue weighted by Gasteiger charge is -2.00. The van der Waals surface area contributed by atoms with Crippen LogP contribution in [-0.2, 0) is 0 Å². The molecule has 0 fully saturated rings. The molecule has 1 aromatic carbocycles. The molecule has 0 bridgehead atoms. The molecule has 2 aromatic rings. The van der Waals surface area contributed by atoms with Gasteiger partial charge in [-0.1, -0.05) is 12.1 Å². The predicted octanol–water partition coefficient (Wildman–Crippen LogP) is 2.37. The normalized spacial score (nSPS) is 10.4. The van der Waals surface area contributed by atoms with Crippen molar-refractivity contribution in [2.24, 2.45) is 0 Å². The highest BCUT2D eigenvalue weighted by atomic mass is 19.1. The molecule has 0 aliphatic heterocycles. The first kappa shape index (κ1) is 8.74. The van der Waals surface area contributed by atoms with Crippen molar-refractivity contribution in [3.05, 3.63) is 35.8 Å². The summed E-state index contributed by atoms with van der Waals surface area (Å²) < 4.78 is 18.6. The fourth-order valence-electron chi connectivity index (χ4n) is 1.25. The first-order chi connectivity index (χ1) is 6.68. The molecule has 0 radical (unpaired) electrons. The molecular weight excluding hydrogens is 183 g/mol. The molecule has 0 amide bonds. The van der Waals surface area contributed by atoms with Gasteiger partial charge in [0.05, 0.1) is 11.8 Å². The predicted molar refractivity (Wildman–Crippen MR) is 51.0 cm³/mol. The van der Waals surface area contributed by atoms with Gasteiger partial charge in [0, 0.05) is 0 Å². The summed E-state index contributed by atoms with van der Waals surface area (Å²) in [6.07, 6.45) is 1.41. The zero-order chi connectivity index (χ0) is 10.1. The quantitative estimate of drug-likeness (QED) is 0.754. The maximum Gasteiger partial charge on any atom is 0.292 e. The third kappa shape index (κ3) is 1.35. The lowest BCUT2D eigenvalue weighted by molar-refractivity contribution is 0.577. The van der Waals surface area contributed by atoms with Crippen LogP contribution in [0.4, 0.5) is 10.4 Å². The first-order valence-corrected chi connectivity index (χ1v) is 4.15. The van der Waals surface area contributed by atoms with Crippen LogP contribution in [-0.4, -0.2) is 4.98 Å². The van der Waals surface area contributed by atoms with E-state index in [-0.39, 0.29) is 11.8 Å². The summed E-state index contributed by atoms with van der Waals surface area (Å²) in [4.78, 5) is 3.71. The van der Waals surface area contributed by atoms with Crippen molar-refractivity contribution in [3.63, 3.8) is 0 Å². The molecule has 14 heavy (non-hydrogen) atoms. The SMILES string of the molecule is Cc1cccc(-c2cnc(N)o2)c1F. The Bertz CT molecular complexity index is 465. The molecule has 2 rings (SSSR count). The monoisotopic (exact) mass is 192 g/mol. The number of benzene rings is 1. The third-order valence-electron chi connectivity index (χ3n) is 1.98.